The summed E-state index contributed by atoms with van der Waals surface area (Å²) in [6.45, 7) is 6.25. The summed E-state index contributed by atoms with van der Waals surface area (Å²) in [5.74, 6) is 0.468. The van der Waals surface area contributed by atoms with E-state index >= 15 is 0 Å². The van der Waals surface area contributed by atoms with Crippen LogP contribution in [0.1, 0.15) is 31.9 Å². The van der Waals surface area contributed by atoms with Crippen LogP contribution < -0.4 is 0 Å². The Kier molecular flexibility index (Phi) is 3.47. The van der Waals surface area contributed by atoms with Crippen molar-refractivity contribution in [3.05, 3.63) is 35.1 Å². The first-order valence-corrected chi connectivity index (χ1v) is 4.90. The molecule has 72 valence electrons. The molecule has 0 saturated heterocycles. The van der Waals surface area contributed by atoms with Crippen LogP contribution >= 0.6 is 0 Å². The molecule has 0 heterocycles. The highest BCUT2D eigenvalue weighted by atomic mass is 19.1. The van der Waals surface area contributed by atoms with Crippen molar-refractivity contribution in [2.24, 2.45) is 5.92 Å². The van der Waals surface area contributed by atoms with E-state index < -0.39 is 0 Å². The Labute approximate surface area is 79.8 Å². The predicted molar refractivity (Wildman–Crippen MR) is 54.3 cm³/mol. The van der Waals surface area contributed by atoms with Gasteiger partial charge < -0.3 is 0 Å². The quantitative estimate of drug-likeness (QED) is 0.667. The van der Waals surface area contributed by atoms with Gasteiger partial charge in [0.15, 0.2) is 0 Å². The zero-order chi connectivity index (χ0) is 9.84. The van der Waals surface area contributed by atoms with Gasteiger partial charge in [-0.1, -0.05) is 32.9 Å². The fraction of sp³-hybridized carbons (Fsp3) is 0.500. The first-order chi connectivity index (χ1) is 6.13. The summed E-state index contributed by atoms with van der Waals surface area (Å²) >= 11 is 0. The van der Waals surface area contributed by atoms with Crippen LogP contribution in [-0.4, -0.2) is 0 Å². The summed E-state index contributed by atoms with van der Waals surface area (Å²) in [6, 6.07) is 5.58. The maximum absolute atomic E-state index is 13.4. The van der Waals surface area contributed by atoms with Gasteiger partial charge in [-0.3, -0.25) is 0 Å². The molecule has 0 aromatic heterocycles. The van der Waals surface area contributed by atoms with Crippen LogP contribution in [0, 0.1) is 11.7 Å². The van der Waals surface area contributed by atoms with Gasteiger partial charge in [0.2, 0.25) is 0 Å². The third-order valence-corrected chi connectivity index (χ3v) is 2.15. The summed E-state index contributed by atoms with van der Waals surface area (Å²) in [7, 11) is 0. The number of halogens is 1. The zero-order valence-electron chi connectivity index (χ0n) is 8.60. The highest BCUT2D eigenvalue weighted by Crippen LogP contribution is 2.14. The number of rotatable bonds is 3. The van der Waals surface area contributed by atoms with E-state index in [1.54, 1.807) is 6.07 Å². The fourth-order valence-corrected chi connectivity index (χ4v) is 1.42. The van der Waals surface area contributed by atoms with Crippen molar-refractivity contribution >= 4 is 0 Å². The first-order valence-electron chi connectivity index (χ1n) is 4.90. The first kappa shape index (κ1) is 10.2. The molecule has 0 aliphatic rings. The van der Waals surface area contributed by atoms with Crippen molar-refractivity contribution in [3.8, 4) is 0 Å². The van der Waals surface area contributed by atoms with E-state index in [4.69, 9.17) is 0 Å². The Morgan fingerprint density at radius 1 is 1.31 bits per heavy atom. The molecule has 0 aliphatic carbocycles. The second-order valence-electron chi connectivity index (χ2n) is 3.88. The SMILES string of the molecule is CCc1ccc(CC(C)C)c(F)c1. The molecule has 1 rings (SSSR count). The minimum Gasteiger partial charge on any atom is -0.207 e. The van der Waals surface area contributed by atoms with Crippen LogP contribution in [0.25, 0.3) is 0 Å². The molecule has 0 nitrogen and oxygen atoms in total. The lowest BCUT2D eigenvalue weighted by Crippen LogP contribution is -1.98. The lowest BCUT2D eigenvalue weighted by molar-refractivity contribution is 0.572. The van der Waals surface area contributed by atoms with Gasteiger partial charge in [0.05, 0.1) is 0 Å². The summed E-state index contributed by atoms with van der Waals surface area (Å²) in [5.41, 5.74) is 1.91. The Balaban J connectivity index is 2.85. The minimum absolute atomic E-state index is 0.0481. The van der Waals surface area contributed by atoms with Crippen LogP contribution in [0.4, 0.5) is 4.39 Å². The smallest absolute Gasteiger partial charge is 0.126 e. The van der Waals surface area contributed by atoms with E-state index in [0.717, 1.165) is 24.0 Å². The largest absolute Gasteiger partial charge is 0.207 e. The van der Waals surface area contributed by atoms with E-state index in [-0.39, 0.29) is 5.82 Å². The van der Waals surface area contributed by atoms with Crippen LogP contribution in [0.5, 0.6) is 0 Å². The molecule has 0 N–H and O–H groups in total. The number of hydrogen-bond acceptors (Lipinski definition) is 0. The zero-order valence-corrected chi connectivity index (χ0v) is 8.60. The number of aryl methyl sites for hydroxylation is 1. The molecule has 1 heteroatoms. The summed E-state index contributed by atoms with van der Waals surface area (Å²) in [6.07, 6.45) is 1.73. The molecule has 0 saturated carbocycles. The van der Waals surface area contributed by atoms with Crippen molar-refractivity contribution in [1.29, 1.82) is 0 Å². The molecule has 0 fully saturated rings. The molecule has 0 unspecified atom stereocenters. The molecule has 0 amide bonds. The number of benzene rings is 1. The highest BCUT2D eigenvalue weighted by molar-refractivity contribution is 5.24. The minimum atomic E-state index is -0.0481. The maximum Gasteiger partial charge on any atom is 0.126 e. The van der Waals surface area contributed by atoms with Gasteiger partial charge in [-0.2, -0.15) is 0 Å². The van der Waals surface area contributed by atoms with Gasteiger partial charge in [0.25, 0.3) is 0 Å². The van der Waals surface area contributed by atoms with Gasteiger partial charge in [0.1, 0.15) is 5.82 Å². The average Bonchev–Trinajstić information content (AvgIpc) is 2.08. The van der Waals surface area contributed by atoms with Crippen molar-refractivity contribution in [2.45, 2.75) is 33.6 Å². The summed E-state index contributed by atoms with van der Waals surface area (Å²) in [5, 5.41) is 0. The lowest BCUT2D eigenvalue weighted by Gasteiger charge is -2.07. The second-order valence-corrected chi connectivity index (χ2v) is 3.88. The molecule has 0 bridgehead atoms. The fourth-order valence-electron chi connectivity index (χ4n) is 1.42. The molecule has 1 aromatic carbocycles. The normalized spacial score (nSPS) is 10.8. The highest BCUT2D eigenvalue weighted by Gasteiger charge is 2.04. The maximum atomic E-state index is 13.4. The predicted octanol–water partition coefficient (Wildman–Crippen LogP) is 3.59. The third-order valence-electron chi connectivity index (χ3n) is 2.15. The van der Waals surface area contributed by atoms with Gasteiger partial charge in [-0.15, -0.1) is 0 Å². The summed E-state index contributed by atoms with van der Waals surface area (Å²) < 4.78 is 13.4. The van der Waals surface area contributed by atoms with Crippen molar-refractivity contribution in [3.63, 3.8) is 0 Å². The van der Waals surface area contributed by atoms with Crippen LogP contribution in [0.15, 0.2) is 18.2 Å². The topological polar surface area (TPSA) is 0 Å². The van der Waals surface area contributed by atoms with E-state index in [1.165, 1.54) is 0 Å². The standard InChI is InChI=1S/C12H17F/c1-4-10-5-6-11(7-9(2)3)12(13)8-10/h5-6,8-9H,4,7H2,1-3H3. The van der Waals surface area contributed by atoms with E-state index in [2.05, 4.69) is 13.8 Å². The Bertz CT molecular complexity index is 276. The van der Waals surface area contributed by atoms with Crippen LogP contribution in [0.3, 0.4) is 0 Å². The number of hydrogen-bond donors (Lipinski definition) is 0. The van der Waals surface area contributed by atoms with Gasteiger partial charge in [-0.05, 0) is 36.0 Å². The van der Waals surface area contributed by atoms with E-state index in [9.17, 15) is 4.39 Å². The molecule has 0 spiro atoms. The Hall–Kier alpha value is -0.850. The van der Waals surface area contributed by atoms with E-state index in [0.29, 0.717) is 5.92 Å². The molecule has 13 heavy (non-hydrogen) atoms. The molecular weight excluding hydrogens is 163 g/mol. The van der Waals surface area contributed by atoms with Gasteiger partial charge in [0, 0.05) is 0 Å². The second kappa shape index (κ2) is 4.40. The molecule has 0 atom stereocenters. The van der Waals surface area contributed by atoms with Crippen LogP contribution in [-0.2, 0) is 12.8 Å². The van der Waals surface area contributed by atoms with Gasteiger partial charge in [-0.25, -0.2) is 4.39 Å². The molecular formula is C12H17F. The van der Waals surface area contributed by atoms with Gasteiger partial charge >= 0.3 is 0 Å². The molecule has 1 aromatic rings. The Morgan fingerprint density at radius 3 is 2.46 bits per heavy atom. The van der Waals surface area contributed by atoms with Crippen molar-refractivity contribution in [1.82, 2.24) is 0 Å². The monoisotopic (exact) mass is 180 g/mol. The molecule has 0 radical (unpaired) electrons. The molecule has 0 aliphatic heterocycles. The summed E-state index contributed by atoms with van der Waals surface area (Å²) in [4.78, 5) is 0. The average molecular weight is 180 g/mol. The lowest BCUT2D eigenvalue weighted by atomic mass is 10.0. The van der Waals surface area contributed by atoms with Crippen LogP contribution in [0.2, 0.25) is 0 Å². The van der Waals surface area contributed by atoms with Crippen molar-refractivity contribution in [2.75, 3.05) is 0 Å². The third kappa shape index (κ3) is 2.83. The van der Waals surface area contributed by atoms with E-state index in [1.807, 2.05) is 19.1 Å². The Morgan fingerprint density at radius 2 is 2.00 bits per heavy atom. The van der Waals surface area contributed by atoms with Crippen molar-refractivity contribution < 1.29 is 4.39 Å².